The van der Waals surface area contributed by atoms with Crippen molar-refractivity contribution >= 4 is 11.9 Å². The first-order valence-electron chi connectivity index (χ1n) is 5.27. The third-order valence-electron chi connectivity index (χ3n) is 1.74. The monoisotopic (exact) mass is 262 g/mol. The van der Waals surface area contributed by atoms with E-state index < -0.39 is 23.1 Å². The molecule has 0 amide bonds. The lowest BCUT2D eigenvalue weighted by Gasteiger charge is -2.25. The molecule has 12 radical (unpaired) electrons. The Morgan fingerprint density at radius 2 is 1.11 bits per heavy atom. The third-order valence-corrected chi connectivity index (χ3v) is 1.74. The van der Waals surface area contributed by atoms with Crippen molar-refractivity contribution in [3.05, 3.63) is 41.5 Å². The van der Waals surface area contributed by atoms with Crippen LogP contribution >= 0.6 is 0 Å². The van der Waals surface area contributed by atoms with E-state index in [0.29, 0.717) is 0 Å². The summed E-state index contributed by atoms with van der Waals surface area (Å²) in [7, 11) is 0. The molecule has 19 heavy (non-hydrogen) atoms. The minimum atomic E-state index is -2.35. The van der Waals surface area contributed by atoms with E-state index in [9.17, 15) is 9.59 Å². The van der Waals surface area contributed by atoms with Gasteiger partial charge in [0.05, 0.1) is 0 Å². The normalized spacial score (nSPS) is 12.3. The fourth-order valence-electron chi connectivity index (χ4n) is 0.817. The summed E-state index contributed by atoms with van der Waals surface area (Å²) in [5.74, 6) is -2.77. The Morgan fingerprint density at radius 3 is 1.37 bits per heavy atom. The third kappa shape index (κ3) is 6.16. The van der Waals surface area contributed by atoms with Crippen molar-refractivity contribution in [2.24, 2.45) is 0 Å². The lowest BCUT2D eigenvalue weighted by molar-refractivity contribution is -0.180. The summed E-state index contributed by atoms with van der Waals surface area (Å²) in [6.45, 7) is 31.1. The Morgan fingerprint density at radius 1 is 0.789 bits per heavy atom. The van der Waals surface area contributed by atoms with Crippen molar-refractivity contribution < 1.29 is 23.8 Å². The van der Waals surface area contributed by atoms with Crippen LogP contribution in [0.2, 0.25) is 0 Å². The molecule has 0 aliphatic heterocycles. The average molecular weight is 262 g/mol. The van der Waals surface area contributed by atoms with Crippen LogP contribution in [-0.4, -0.2) is 36.4 Å². The molecule has 5 nitrogen and oxygen atoms in total. The molecular formula is C14H14O5. The average Bonchev–Trinajstić information content (AvgIpc) is 2.33. The number of rotatable bonds is 8. The van der Waals surface area contributed by atoms with Crippen LogP contribution in [0.1, 0.15) is 12.8 Å². The fraction of sp³-hybridized carbons (Fsp3) is 0.429. The first-order chi connectivity index (χ1) is 8.67. The van der Waals surface area contributed by atoms with Crippen LogP contribution < -0.4 is 0 Å². The van der Waals surface area contributed by atoms with Crippen LogP contribution in [0, 0.1) is 41.5 Å². The van der Waals surface area contributed by atoms with Crippen LogP contribution in [0.3, 0.4) is 0 Å². The van der Waals surface area contributed by atoms with Gasteiger partial charge in [-0.2, -0.15) is 0 Å². The quantitative estimate of drug-likeness (QED) is 0.474. The Kier molecular flexibility index (Phi) is 7.23. The van der Waals surface area contributed by atoms with Crippen LogP contribution in [0.15, 0.2) is 0 Å². The van der Waals surface area contributed by atoms with Crippen LogP contribution in [-0.2, 0) is 23.8 Å². The second-order valence-corrected chi connectivity index (χ2v) is 3.54. The van der Waals surface area contributed by atoms with Gasteiger partial charge in [-0.3, -0.25) is 0 Å². The van der Waals surface area contributed by atoms with E-state index >= 15 is 0 Å². The molecule has 0 fully saturated rings. The first kappa shape index (κ1) is 18.1. The molecule has 0 heterocycles. The summed E-state index contributed by atoms with van der Waals surface area (Å²) in [5.41, 5.74) is -4.70. The van der Waals surface area contributed by atoms with Gasteiger partial charge in [0.1, 0.15) is 0 Å². The van der Waals surface area contributed by atoms with E-state index in [1.54, 1.807) is 0 Å². The molecule has 0 aromatic carbocycles. The van der Waals surface area contributed by atoms with Gasteiger partial charge in [0, 0.05) is 40.9 Å². The highest BCUT2D eigenvalue weighted by Crippen LogP contribution is 2.16. The highest BCUT2D eigenvalue weighted by Gasteiger charge is 2.38. The molecule has 0 aromatic heterocycles. The minimum absolute atomic E-state index is 0.0642. The molecule has 0 aromatic rings. The molecule has 0 rings (SSSR count). The van der Waals surface area contributed by atoms with Crippen LogP contribution in [0.25, 0.3) is 0 Å². The molecule has 0 aliphatic rings. The van der Waals surface area contributed by atoms with Gasteiger partial charge in [-0.1, -0.05) is 0 Å². The summed E-state index contributed by atoms with van der Waals surface area (Å²) in [5, 5.41) is 0. The predicted octanol–water partition coefficient (Wildman–Crippen LogP) is 0.614. The van der Waals surface area contributed by atoms with Gasteiger partial charge in [-0.05, 0) is 26.7 Å². The lowest BCUT2D eigenvalue weighted by Crippen LogP contribution is -2.45. The number of ether oxygens (including phenoxy) is 3. The summed E-state index contributed by atoms with van der Waals surface area (Å²) in [6, 6.07) is 0. The van der Waals surface area contributed by atoms with E-state index in [0.717, 1.165) is 0 Å². The lowest BCUT2D eigenvalue weighted by atomic mass is 10.1. The molecule has 0 unspecified atom stereocenters. The maximum absolute atomic E-state index is 11.5. The van der Waals surface area contributed by atoms with Gasteiger partial charge in [0.25, 0.3) is 0 Å². The number of carbonyl (C=O) groups is 2. The molecule has 0 saturated carbocycles. The van der Waals surface area contributed by atoms with E-state index in [2.05, 4.69) is 4.74 Å². The predicted molar refractivity (Wildman–Crippen MR) is 63.5 cm³/mol. The number of hydrogen-bond acceptors (Lipinski definition) is 5. The van der Waals surface area contributed by atoms with Crippen molar-refractivity contribution in [3.63, 3.8) is 0 Å². The largest absolute Gasteiger partial charge is 0.389 e. The Bertz CT molecular complexity index is 277. The molecule has 100 valence electrons. The Hall–Kier alpha value is -0.940. The molecule has 0 spiro atoms. The Labute approximate surface area is 115 Å². The molecule has 0 N–H and O–H groups in total. The second kappa shape index (κ2) is 7.60. The number of carbonyl (C=O) groups excluding carboxylic acids is 2. The van der Waals surface area contributed by atoms with E-state index in [4.69, 9.17) is 51.0 Å². The van der Waals surface area contributed by atoms with E-state index in [1.165, 1.54) is 0 Å². The zero-order valence-electron chi connectivity index (χ0n) is 10.3. The standard InChI is InChI=1S/C14H14O5/c1-7-9-17-13(3,4)11(15)19-12(16)14(5,6)18-10-8-2/h1-6H,7-10H2. The van der Waals surface area contributed by atoms with Crippen LogP contribution in [0.5, 0.6) is 0 Å². The first-order valence-corrected chi connectivity index (χ1v) is 5.27. The summed E-state index contributed by atoms with van der Waals surface area (Å²) in [6.07, 6.45) is 0.128. The zero-order valence-corrected chi connectivity index (χ0v) is 10.3. The Balaban J connectivity index is 4.50. The highest BCUT2D eigenvalue weighted by atomic mass is 16.6. The molecular weight excluding hydrogens is 248 g/mol. The highest BCUT2D eigenvalue weighted by molar-refractivity contribution is 5.95. The number of esters is 2. The minimum Gasteiger partial charge on any atom is -0.389 e. The van der Waals surface area contributed by atoms with Crippen LogP contribution in [0.4, 0.5) is 0 Å². The maximum atomic E-state index is 11.5. The molecule has 0 bridgehead atoms. The molecule has 0 aliphatic carbocycles. The van der Waals surface area contributed by atoms with Crippen molar-refractivity contribution in [2.75, 3.05) is 13.2 Å². The number of hydrogen-bond donors (Lipinski definition) is 0. The van der Waals surface area contributed by atoms with Gasteiger partial charge in [-0.25, -0.2) is 9.59 Å². The SMILES string of the molecule is [CH]CCOC([CH])([CH])C(=O)OC(=O)C([CH])([CH])OCC[CH]. The topological polar surface area (TPSA) is 61.8 Å². The van der Waals surface area contributed by atoms with Gasteiger partial charge in [-0.15, -0.1) is 0 Å². The van der Waals surface area contributed by atoms with E-state index in [-0.39, 0.29) is 26.1 Å². The summed E-state index contributed by atoms with van der Waals surface area (Å²) < 4.78 is 13.7. The van der Waals surface area contributed by atoms with Crippen molar-refractivity contribution in [1.29, 1.82) is 0 Å². The zero-order chi connectivity index (χ0) is 15.1. The maximum Gasteiger partial charge on any atom is 0.346 e. The fourth-order valence-corrected chi connectivity index (χ4v) is 0.817. The smallest absolute Gasteiger partial charge is 0.346 e. The van der Waals surface area contributed by atoms with Gasteiger partial charge < -0.3 is 14.2 Å². The van der Waals surface area contributed by atoms with Crippen molar-refractivity contribution in [2.45, 2.75) is 24.0 Å². The molecule has 0 saturated heterocycles. The molecule has 0 atom stereocenters. The van der Waals surface area contributed by atoms with E-state index in [1.807, 2.05) is 0 Å². The van der Waals surface area contributed by atoms with Gasteiger partial charge in [0.2, 0.25) is 0 Å². The summed E-state index contributed by atoms with van der Waals surface area (Å²) >= 11 is 0. The van der Waals surface area contributed by atoms with Crippen molar-refractivity contribution in [3.8, 4) is 0 Å². The summed E-state index contributed by atoms with van der Waals surface area (Å²) in [4.78, 5) is 22.9. The van der Waals surface area contributed by atoms with Gasteiger partial charge in [0.15, 0.2) is 11.2 Å². The van der Waals surface area contributed by atoms with Crippen molar-refractivity contribution in [1.82, 2.24) is 0 Å². The second-order valence-electron chi connectivity index (χ2n) is 3.54. The van der Waals surface area contributed by atoms with Gasteiger partial charge >= 0.3 is 11.9 Å². The molecule has 5 heteroatoms.